The second kappa shape index (κ2) is 21.4. The lowest BCUT2D eigenvalue weighted by atomic mass is 10.0. The van der Waals surface area contributed by atoms with Crippen LogP contribution in [0, 0.1) is 12.7 Å². The molecule has 0 spiro atoms. The van der Waals surface area contributed by atoms with Crippen molar-refractivity contribution < 1.29 is 35.3 Å². The van der Waals surface area contributed by atoms with Gasteiger partial charge in [0.2, 0.25) is 5.91 Å². The first kappa shape index (κ1) is 47.4. The number of alkyl halides is 3. The Balaban J connectivity index is 0.000000574. The Morgan fingerprint density at radius 1 is 0.823 bits per heavy atom. The van der Waals surface area contributed by atoms with E-state index in [9.17, 15) is 35.6 Å². The Bertz CT molecular complexity index is 2560. The molecule has 0 aliphatic rings. The standard InChI is InChI=1S/C38H40F4N6O2S.C7H8O3S/c1-4-46(5-2)18-19-47(23-27-6-10-30(11-7-27)31-12-14-33(15-13-31)38(40,41)42)35(49)25-48-24-32(20-29-21-43-45(3)22-29)36(50)44-37(48)51-26-28-8-16-34(39)17-9-28;1-6-2-4-7(5-3-6)11(8,9)10/h6-17,21-22,24H,4-5,18-20,23,25-26H2,1-3H3;2-5H,1H3,(H,8,9,10). The second-order valence-corrected chi connectivity index (χ2v) is 16.9. The quantitative estimate of drug-likeness (QED) is 0.0442. The molecule has 0 aliphatic carbocycles. The summed E-state index contributed by atoms with van der Waals surface area (Å²) >= 11 is 1.30. The maximum Gasteiger partial charge on any atom is 0.416 e. The van der Waals surface area contributed by atoms with Gasteiger partial charge in [0.1, 0.15) is 12.4 Å². The molecular formula is C45H48F4N6O5S2. The number of likely N-dealkylation sites (N-methyl/N-ethyl adjacent to an activating group) is 1. The van der Waals surface area contributed by atoms with Crippen LogP contribution in [0.2, 0.25) is 0 Å². The second-order valence-electron chi connectivity index (χ2n) is 14.5. The van der Waals surface area contributed by atoms with Crippen LogP contribution < -0.4 is 5.56 Å². The van der Waals surface area contributed by atoms with Crippen molar-refractivity contribution in [2.24, 2.45) is 7.05 Å². The molecule has 62 heavy (non-hydrogen) atoms. The van der Waals surface area contributed by atoms with E-state index in [-0.39, 0.29) is 23.2 Å². The molecule has 1 N–H and O–H groups in total. The van der Waals surface area contributed by atoms with E-state index >= 15 is 0 Å². The predicted octanol–water partition coefficient (Wildman–Crippen LogP) is 8.30. The summed E-state index contributed by atoms with van der Waals surface area (Å²) in [6, 6.07) is 24.5. The van der Waals surface area contributed by atoms with Crippen molar-refractivity contribution in [3.8, 4) is 11.1 Å². The van der Waals surface area contributed by atoms with Crippen LogP contribution in [0.4, 0.5) is 17.6 Å². The molecule has 0 radical (unpaired) electrons. The van der Waals surface area contributed by atoms with Crippen LogP contribution in [0.1, 0.15) is 47.2 Å². The lowest BCUT2D eigenvalue weighted by Crippen LogP contribution is -2.40. The number of halogens is 4. The molecule has 17 heteroatoms. The molecule has 328 valence electrons. The first-order valence-electron chi connectivity index (χ1n) is 19.7. The summed E-state index contributed by atoms with van der Waals surface area (Å²) in [6.45, 7) is 8.97. The van der Waals surface area contributed by atoms with Gasteiger partial charge in [-0.2, -0.15) is 31.7 Å². The van der Waals surface area contributed by atoms with Crippen LogP contribution in [0.5, 0.6) is 0 Å². The topological polar surface area (TPSA) is 131 Å². The van der Waals surface area contributed by atoms with Crippen LogP contribution >= 0.6 is 11.8 Å². The van der Waals surface area contributed by atoms with Crippen LogP contribution in [-0.2, 0) is 53.4 Å². The third-order valence-corrected chi connectivity index (χ3v) is 11.8. The van der Waals surface area contributed by atoms with Crippen LogP contribution in [0.3, 0.4) is 0 Å². The number of aromatic nitrogens is 4. The summed E-state index contributed by atoms with van der Waals surface area (Å²) < 4.78 is 85.6. The van der Waals surface area contributed by atoms with E-state index in [1.807, 2.05) is 37.4 Å². The first-order valence-corrected chi connectivity index (χ1v) is 22.1. The minimum absolute atomic E-state index is 0.0666. The fourth-order valence-electron chi connectivity index (χ4n) is 6.31. The number of aryl methyl sites for hydroxylation is 2. The third kappa shape index (κ3) is 14.0. The average Bonchev–Trinajstić information content (AvgIpc) is 3.65. The van der Waals surface area contributed by atoms with E-state index in [0.717, 1.165) is 53.0 Å². The van der Waals surface area contributed by atoms with Gasteiger partial charge in [-0.15, -0.1) is 0 Å². The minimum atomic E-state index is -4.40. The molecule has 2 aromatic heterocycles. The number of hydrogen-bond donors (Lipinski definition) is 1. The van der Waals surface area contributed by atoms with Gasteiger partial charge in [0.05, 0.1) is 16.7 Å². The molecule has 0 atom stereocenters. The van der Waals surface area contributed by atoms with E-state index in [2.05, 4.69) is 28.8 Å². The highest BCUT2D eigenvalue weighted by atomic mass is 32.2. The van der Waals surface area contributed by atoms with Gasteiger partial charge in [-0.05, 0) is 84.2 Å². The highest BCUT2D eigenvalue weighted by Gasteiger charge is 2.30. The first-order chi connectivity index (χ1) is 29.4. The maximum absolute atomic E-state index is 14.2. The highest BCUT2D eigenvalue weighted by molar-refractivity contribution is 7.98. The molecular weight excluding hydrogens is 845 g/mol. The van der Waals surface area contributed by atoms with E-state index in [1.165, 1.54) is 48.2 Å². The van der Waals surface area contributed by atoms with Gasteiger partial charge < -0.3 is 14.4 Å². The lowest BCUT2D eigenvalue weighted by Gasteiger charge is -2.27. The molecule has 4 aromatic carbocycles. The molecule has 0 aliphatic heterocycles. The maximum atomic E-state index is 14.2. The Morgan fingerprint density at radius 3 is 1.97 bits per heavy atom. The largest absolute Gasteiger partial charge is 0.416 e. The Labute approximate surface area is 362 Å². The zero-order valence-electron chi connectivity index (χ0n) is 34.7. The van der Waals surface area contributed by atoms with Gasteiger partial charge >= 0.3 is 6.18 Å². The number of amides is 1. The number of carbonyl (C=O) groups excluding carboxylic acids is 1. The van der Waals surface area contributed by atoms with Crippen LogP contribution in [0.15, 0.2) is 130 Å². The summed E-state index contributed by atoms with van der Waals surface area (Å²) in [7, 11) is -2.22. The summed E-state index contributed by atoms with van der Waals surface area (Å²) in [4.78, 5) is 35.7. The zero-order valence-corrected chi connectivity index (χ0v) is 36.4. The van der Waals surface area contributed by atoms with Crippen molar-refractivity contribution >= 4 is 27.8 Å². The molecule has 6 rings (SSSR count). The van der Waals surface area contributed by atoms with Crippen molar-refractivity contribution in [3.63, 3.8) is 0 Å². The smallest absolute Gasteiger partial charge is 0.336 e. The molecule has 0 fully saturated rings. The molecule has 0 saturated carbocycles. The van der Waals surface area contributed by atoms with Gasteiger partial charge in [0, 0.05) is 56.8 Å². The van der Waals surface area contributed by atoms with Crippen molar-refractivity contribution in [2.75, 3.05) is 26.2 Å². The molecule has 2 heterocycles. The van der Waals surface area contributed by atoms with Gasteiger partial charge in [0.15, 0.2) is 5.16 Å². The fourth-order valence-corrected chi connectivity index (χ4v) is 7.71. The number of carbonyl (C=O) groups is 1. The van der Waals surface area contributed by atoms with Gasteiger partial charge in [-0.3, -0.25) is 18.8 Å². The Kier molecular flexibility index (Phi) is 16.4. The zero-order chi connectivity index (χ0) is 45.0. The van der Waals surface area contributed by atoms with E-state index in [0.29, 0.717) is 48.1 Å². The van der Waals surface area contributed by atoms with Gasteiger partial charge in [-0.25, -0.2) is 4.39 Å². The molecule has 0 bridgehead atoms. The van der Waals surface area contributed by atoms with E-state index < -0.39 is 27.4 Å². The SMILES string of the molecule is CCN(CC)CCN(Cc1ccc(-c2ccc(C(F)(F)F)cc2)cc1)C(=O)Cn1cc(Cc2cnn(C)c2)c(=O)nc1SCc1ccc(F)cc1.Cc1ccc(S(=O)(=O)O)cc1. The highest BCUT2D eigenvalue weighted by Crippen LogP contribution is 2.31. The van der Waals surface area contributed by atoms with Crippen molar-refractivity contribution in [1.29, 1.82) is 0 Å². The Hall–Kier alpha value is -5.62. The normalized spacial score (nSPS) is 11.6. The lowest BCUT2D eigenvalue weighted by molar-refractivity contribution is -0.137. The molecule has 1 amide bonds. The number of benzene rings is 4. The third-order valence-electron chi connectivity index (χ3n) is 9.89. The number of hydrogen-bond acceptors (Lipinski definition) is 8. The van der Waals surface area contributed by atoms with E-state index in [1.54, 1.807) is 57.9 Å². The summed E-state index contributed by atoms with van der Waals surface area (Å²) in [5, 5.41) is 4.57. The number of thioether (sulfide) groups is 1. The van der Waals surface area contributed by atoms with Crippen LogP contribution in [0.25, 0.3) is 11.1 Å². The van der Waals surface area contributed by atoms with Crippen molar-refractivity contribution in [3.05, 3.63) is 165 Å². The summed E-state index contributed by atoms with van der Waals surface area (Å²) in [6.07, 6.45) is 1.09. The van der Waals surface area contributed by atoms with Gasteiger partial charge in [-0.1, -0.05) is 91.8 Å². The average molecular weight is 893 g/mol. The summed E-state index contributed by atoms with van der Waals surface area (Å²) in [5.74, 6) is -0.0987. The van der Waals surface area contributed by atoms with Crippen LogP contribution in [-0.4, -0.2) is 74.2 Å². The molecule has 0 unspecified atom stereocenters. The summed E-state index contributed by atoms with van der Waals surface area (Å²) in [5.41, 5.74) is 4.24. The number of rotatable bonds is 16. The predicted molar refractivity (Wildman–Crippen MR) is 232 cm³/mol. The monoisotopic (exact) mass is 892 g/mol. The van der Waals surface area contributed by atoms with E-state index in [4.69, 9.17) is 4.55 Å². The number of nitrogens with zero attached hydrogens (tertiary/aromatic N) is 6. The Morgan fingerprint density at radius 2 is 1.42 bits per heavy atom. The fraction of sp³-hybridized carbons (Fsp3) is 0.289. The molecule has 0 saturated heterocycles. The van der Waals surface area contributed by atoms with Crippen molar-refractivity contribution in [2.45, 2.75) is 62.3 Å². The molecule has 6 aromatic rings. The minimum Gasteiger partial charge on any atom is -0.336 e. The molecule has 11 nitrogen and oxygen atoms in total. The van der Waals surface area contributed by atoms with Crippen molar-refractivity contribution in [1.82, 2.24) is 29.1 Å². The van der Waals surface area contributed by atoms with Gasteiger partial charge in [0.25, 0.3) is 15.7 Å².